The summed E-state index contributed by atoms with van der Waals surface area (Å²) in [6.07, 6.45) is 2.62. The zero-order valence-electron chi connectivity index (χ0n) is 9.33. The average Bonchev–Trinajstić information content (AvgIpc) is 2.38. The Labute approximate surface area is 103 Å². The van der Waals surface area contributed by atoms with Crippen LogP contribution in [0.2, 0.25) is 0 Å². The molecule has 1 aromatic rings. The second kappa shape index (κ2) is 4.75. The van der Waals surface area contributed by atoms with Gasteiger partial charge in [0, 0.05) is 12.4 Å². The third kappa shape index (κ3) is 2.10. The predicted octanol–water partition coefficient (Wildman–Crippen LogP) is 1.31. The minimum Gasteiger partial charge on any atom is -0.478 e. The molecule has 1 aliphatic heterocycles. The second-order valence-electron chi connectivity index (χ2n) is 3.82. The number of dihydropyridines is 1. The van der Waals surface area contributed by atoms with Crippen LogP contribution in [-0.2, 0) is 9.59 Å². The van der Waals surface area contributed by atoms with E-state index in [1.807, 2.05) is 0 Å². The maximum atomic E-state index is 11.2. The number of aliphatic carboxylic acids is 2. The summed E-state index contributed by atoms with van der Waals surface area (Å²) in [6.45, 7) is 0. The van der Waals surface area contributed by atoms with Crippen LogP contribution < -0.4 is 5.32 Å². The quantitative estimate of drug-likeness (QED) is 0.747. The maximum Gasteiger partial charge on any atom is 0.334 e. The van der Waals surface area contributed by atoms with Crippen molar-refractivity contribution in [1.29, 1.82) is 0 Å². The summed E-state index contributed by atoms with van der Waals surface area (Å²) in [5.74, 6) is -3.03. The molecule has 3 N–H and O–H groups in total. The number of carboxylic acids is 2. The van der Waals surface area contributed by atoms with E-state index in [2.05, 4.69) is 5.32 Å². The van der Waals surface area contributed by atoms with Crippen molar-refractivity contribution in [2.75, 3.05) is 0 Å². The summed E-state index contributed by atoms with van der Waals surface area (Å²) in [4.78, 5) is 22.4. The first kappa shape index (κ1) is 11.9. The highest BCUT2D eigenvalue weighted by molar-refractivity contribution is 5.97. The Morgan fingerprint density at radius 2 is 1.44 bits per heavy atom. The van der Waals surface area contributed by atoms with Gasteiger partial charge in [-0.05, 0) is 5.56 Å². The van der Waals surface area contributed by atoms with Gasteiger partial charge in [0.1, 0.15) is 0 Å². The molecule has 0 aliphatic carbocycles. The number of hydrogen-bond donors (Lipinski definition) is 3. The van der Waals surface area contributed by atoms with Gasteiger partial charge in [-0.15, -0.1) is 0 Å². The summed E-state index contributed by atoms with van der Waals surface area (Å²) in [5, 5.41) is 20.8. The van der Waals surface area contributed by atoms with Crippen LogP contribution in [0, 0.1) is 0 Å². The minimum atomic E-state index is -1.14. The first-order chi connectivity index (χ1) is 8.61. The van der Waals surface area contributed by atoms with Gasteiger partial charge in [0.25, 0.3) is 0 Å². The van der Waals surface area contributed by atoms with Crippen molar-refractivity contribution < 1.29 is 19.8 Å². The molecule has 92 valence electrons. The van der Waals surface area contributed by atoms with Gasteiger partial charge in [0.15, 0.2) is 0 Å². The molecule has 0 amide bonds. The highest BCUT2D eigenvalue weighted by atomic mass is 16.4. The molecule has 5 nitrogen and oxygen atoms in total. The fourth-order valence-corrected chi connectivity index (χ4v) is 1.93. The van der Waals surface area contributed by atoms with E-state index in [0.717, 1.165) is 0 Å². The van der Waals surface area contributed by atoms with Gasteiger partial charge in [0.05, 0.1) is 17.1 Å². The molecule has 0 bridgehead atoms. The maximum absolute atomic E-state index is 11.2. The van der Waals surface area contributed by atoms with Crippen LogP contribution in [0.25, 0.3) is 0 Å². The molecule has 1 aromatic carbocycles. The first-order valence-corrected chi connectivity index (χ1v) is 5.29. The Bertz CT molecular complexity index is 515. The lowest BCUT2D eigenvalue weighted by Crippen LogP contribution is -2.24. The van der Waals surface area contributed by atoms with Crippen LogP contribution >= 0.6 is 0 Å². The summed E-state index contributed by atoms with van der Waals surface area (Å²) in [5.41, 5.74) is 0.670. The van der Waals surface area contributed by atoms with E-state index < -0.39 is 17.9 Å². The Hall–Kier alpha value is -2.56. The van der Waals surface area contributed by atoms with Crippen molar-refractivity contribution in [3.05, 3.63) is 59.4 Å². The summed E-state index contributed by atoms with van der Waals surface area (Å²) < 4.78 is 0. The summed E-state index contributed by atoms with van der Waals surface area (Å²) in [6, 6.07) is 8.71. The molecule has 2 rings (SSSR count). The Kier molecular flexibility index (Phi) is 3.14. The van der Waals surface area contributed by atoms with E-state index >= 15 is 0 Å². The van der Waals surface area contributed by atoms with Crippen LogP contribution in [-0.4, -0.2) is 22.2 Å². The molecule has 0 atom stereocenters. The van der Waals surface area contributed by atoms with Gasteiger partial charge in [-0.25, -0.2) is 9.59 Å². The van der Waals surface area contributed by atoms with Crippen LogP contribution in [0.3, 0.4) is 0 Å². The molecule has 0 unspecified atom stereocenters. The highest BCUT2D eigenvalue weighted by Crippen LogP contribution is 2.33. The molecular weight excluding hydrogens is 234 g/mol. The van der Waals surface area contributed by atoms with Crippen molar-refractivity contribution in [3.8, 4) is 0 Å². The van der Waals surface area contributed by atoms with Crippen molar-refractivity contribution >= 4 is 11.9 Å². The van der Waals surface area contributed by atoms with Gasteiger partial charge in [-0.2, -0.15) is 0 Å². The number of rotatable bonds is 3. The summed E-state index contributed by atoms with van der Waals surface area (Å²) >= 11 is 0. The largest absolute Gasteiger partial charge is 0.478 e. The molecule has 1 aliphatic rings. The number of carbonyl (C=O) groups is 2. The van der Waals surface area contributed by atoms with Crippen LogP contribution in [0.4, 0.5) is 0 Å². The fourth-order valence-electron chi connectivity index (χ4n) is 1.93. The topological polar surface area (TPSA) is 86.6 Å². The van der Waals surface area contributed by atoms with Gasteiger partial charge >= 0.3 is 11.9 Å². The lowest BCUT2D eigenvalue weighted by molar-refractivity contribution is -0.133. The number of hydrogen-bond acceptors (Lipinski definition) is 3. The first-order valence-electron chi connectivity index (χ1n) is 5.29. The van der Waals surface area contributed by atoms with E-state index in [-0.39, 0.29) is 11.1 Å². The monoisotopic (exact) mass is 245 g/mol. The van der Waals surface area contributed by atoms with Crippen molar-refractivity contribution in [2.45, 2.75) is 5.92 Å². The zero-order chi connectivity index (χ0) is 13.1. The van der Waals surface area contributed by atoms with E-state index in [0.29, 0.717) is 5.56 Å². The molecule has 0 aromatic heterocycles. The molecule has 1 heterocycles. The molecular formula is C13H11NO4. The number of benzene rings is 1. The van der Waals surface area contributed by atoms with E-state index in [9.17, 15) is 9.59 Å². The van der Waals surface area contributed by atoms with Crippen LogP contribution in [0.5, 0.6) is 0 Å². The van der Waals surface area contributed by atoms with Crippen molar-refractivity contribution in [2.24, 2.45) is 0 Å². The van der Waals surface area contributed by atoms with E-state index in [1.54, 1.807) is 30.3 Å². The number of carboxylic acid groups (broad SMARTS) is 2. The third-order valence-electron chi connectivity index (χ3n) is 2.73. The molecule has 0 fully saturated rings. The second-order valence-corrected chi connectivity index (χ2v) is 3.82. The SMILES string of the molecule is O=C(O)C1=CNC=C(C(=O)O)C1c1ccccc1. The van der Waals surface area contributed by atoms with Crippen molar-refractivity contribution in [3.63, 3.8) is 0 Å². The lowest BCUT2D eigenvalue weighted by atomic mass is 9.84. The lowest BCUT2D eigenvalue weighted by Gasteiger charge is -2.22. The average molecular weight is 245 g/mol. The van der Waals surface area contributed by atoms with Gasteiger partial charge in [0.2, 0.25) is 0 Å². The van der Waals surface area contributed by atoms with Gasteiger partial charge < -0.3 is 15.5 Å². The Morgan fingerprint density at radius 3 is 1.89 bits per heavy atom. The molecule has 0 saturated heterocycles. The number of nitrogens with one attached hydrogen (secondary N) is 1. The predicted molar refractivity (Wildman–Crippen MR) is 63.8 cm³/mol. The smallest absolute Gasteiger partial charge is 0.334 e. The highest BCUT2D eigenvalue weighted by Gasteiger charge is 2.31. The molecule has 18 heavy (non-hydrogen) atoms. The fraction of sp³-hybridized carbons (Fsp3) is 0.0769. The van der Waals surface area contributed by atoms with Gasteiger partial charge in [-0.1, -0.05) is 30.3 Å². The zero-order valence-corrected chi connectivity index (χ0v) is 9.33. The van der Waals surface area contributed by atoms with Gasteiger partial charge in [-0.3, -0.25) is 0 Å². The molecule has 0 saturated carbocycles. The molecule has 5 heteroatoms. The van der Waals surface area contributed by atoms with Crippen molar-refractivity contribution in [1.82, 2.24) is 5.32 Å². The van der Waals surface area contributed by atoms with Crippen LogP contribution in [0.1, 0.15) is 11.5 Å². The Balaban J connectivity index is 2.50. The third-order valence-corrected chi connectivity index (χ3v) is 2.73. The normalized spacial score (nSPS) is 15.3. The Morgan fingerprint density at radius 1 is 0.944 bits per heavy atom. The summed E-state index contributed by atoms with van der Waals surface area (Å²) in [7, 11) is 0. The van der Waals surface area contributed by atoms with E-state index in [1.165, 1.54) is 12.4 Å². The molecule has 0 spiro atoms. The molecule has 0 radical (unpaired) electrons. The standard InChI is InChI=1S/C13H11NO4/c15-12(16)9-6-14-7-10(13(17)18)11(9)8-4-2-1-3-5-8/h1-7,11,14H,(H,15,16)(H,17,18). The minimum absolute atomic E-state index is 0.0149. The van der Waals surface area contributed by atoms with Crippen LogP contribution in [0.15, 0.2) is 53.9 Å². The van der Waals surface area contributed by atoms with E-state index in [4.69, 9.17) is 10.2 Å².